The summed E-state index contributed by atoms with van der Waals surface area (Å²) in [6.07, 6.45) is 0. The molecular formula is C120H83BN4. The number of aromatic nitrogens is 2. The zero-order valence-electron chi connectivity index (χ0n) is 69.6. The van der Waals surface area contributed by atoms with E-state index in [9.17, 15) is 0 Å². The minimum atomic E-state index is -0.660. The molecule has 0 amide bonds. The molecule has 0 radical (unpaired) electrons. The van der Waals surface area contributed by atoms with Gasteiger partial charge in [0.1, 0.15) is 0 Å². The highest BCUT2D eigenvalue weighted by Gasteiger charge is 2.52. The van der Waals surface area contributed by atoms with Crippen molar-refractivity contribution in [2.24, 2.45) is 0 Å². The SMILES string of the molecule is CC(C)(C)c1cc2c3c(c1)N(c1c(-c4ccccc4)cccc1-c1ccccc1)c1cc(-n4c5ccccc5c5c6c(ccc54)-c4ccccc4C6(c4ccccc4)c4ccccc4)ccc1B3c1ccc(-n3c4ccccc4c4c5c(ccc43)-c3ccccc3C5(c3ccccc3)c3ccccc3)cc1N2c1c(-c2ccccc2)cccc1-c1ccccc1. The molecule has 0 fully saturated rings. The topological polar surface area (TPSA) is 16.3 Å². The molecule has 4 heterocycles. The lowest BCUT2D eigenvalue weighted by atomic mass is 9.33. The summed E-state index contributed by atoms with van der Waals surface area (Å²) in [5.41, 5.74) is 40.8. The molecule has 0 saturated carbocycles. The standard InChI is InChI=1S/C120H83BN4/c1-118(2,3)86-74-109-115-110(75-86)125(117-91(80-42-16-6-17-43-80)60-37-61-92(117)81-44-18-7-19-45-81)108-77-88(123-104-65-35-31-57-98(104)112-106(123)73-69-96-94-55-29-33-63-100(94)120(114(96)112,84-50-24-10-25-51-84)85-52-26-11-27-53-85)67-71-102(108)121(115)101-70-66-87(76-107(101)124(109)116-89(78-38-12-4-13-39-78)58-36-59-90(116)79-40-14-5-15-41-79)122-103-64-34-30-56-97(103)111-105(122)72-68-95-93-54-28-32-62-99(93)119(113(95)111,82-46-20-8-21-47-82)83-48-22-9-23-49-83/h4-77H,1-3H3. The fraction of sp³-hybridized carbons (Fsp3) is 0.0500. The summed E-state index contributed by atoms with van der Waals surface area (Å²) in [6, 6.07) is 171. The molecule has 0 saturated heterocycles. The van der Waals surface area contributed by atoms with Crippen LogP contribution in [0.1, 0.15) is 70.8 Å². The molecular weight excluding hydrogens is 1510 g/mol. The third kappa shape index (κ3) is 10.5. The van der Waals surface area contributed by atoms with Gasteiger partial charge in [-0.1, -0.05) is 409 Å². The van der Waals surface area contributed by atoms with E-state index in [-0.39, 0.29) is 12.1 Å². The van der Waals surface area contributed by atoms with E-state index in [4.69, 9.17) is 0 Å². The smallest absolute Gasteiger partial charge is 0.252 e. The van der Waals surface area contributed by atoms with Gasteiger partial charge in [-0.15, -0.1) is 0 Å². The lowest BCUT2D eigenvalue weighted by molar-refractivity contribution is 0.590. The summed E-state index contributed by atoms with van der Waals surface area (Å²) in [6.45, 7) is 6.91. The molecule has 21 aromatic rings. The van der Waals surface area contributed by atoms with Crippen LogP contribution < -0.4 is 26.2 Å². The molecule has 2 aliphatic carbocycles. The quantitative estimate of drug-likeness (QED) is 0.113. The molecule has 2 aliphatic heterocycles. The molecule has 19 aromatic carbocycles. The van der Waals surface area contributed by atoms with E-state index in [0.29, 0.717) is 0 Å². The maximum atomic E-state index is 2.73. The fourth-order valence-electron chi connectivity index (χ4n) is 22.7. The first kappa shape index (κ1) is 72.3. The van der Waals surface area contributed by atoms with Gasteiger partial charge in [0.05, 0.1) is 44.3 Å². The number of hydrogen-bond acceptors (Lipinski definition) is 2. The third-order valence-corrected chi connectivity index (χ3v) is 27.8. The first-order valence-electron chi connectivity index (χ1n) is 43.8. The van der Waals surface area contributed by atoms with Crippen molar-refractivity contribution in [1.82, 2.24) is 9.13 Å². The lowest BCUT2D eigenvalue weighted by Crippen LogP contribution is -2.61. The van der Waals surface area contributed by atoms with Crippen molar-refractivity contribution in [2.45, 2.75) is 37.0 Å². The number of benzene rings is 19. The van der Waals surface area contributed by atoms with Crippen molar-refractivity contribution in [1.29, 1.82) is 0 Å². The number of rotatable bonds is 12. The van der Waals surface area contributed by atoms with Crippen molar-refractivity contribution in [3.05, 3.63) is 499 Å². The normalized spacial score (nSPS) is 13.6. The minimum absolute atomic E-state index is 0.308. The number of nitrogens with zero attached hydrogens (tertiary/aromatic N) is 4. The van der Waals surface area contributed by atoms with Gasteiger partial charge in [-0.3, -0.25) is 0 Å². The molecule has 0 spiro atoms. The van der Waals surface area contributed by atoms with E-state index >= 15 is 0 Å². The second-order valence-electron chi connectivity index (χ2n) is 35.2. The highest BCUT2D eigenvalue weighted by atomic mass is 15.2. The van der Waals surface area contributed by atoms with Crippen molar-refractivity contribution >= 4 is 101 Å². The molecule has 4 nitrogen and oxygen atoms in total. The Labute approximate surface area is 728 Å². The van der Waals surface area contributed by atoms with Crippen molar-refractivity contribution in [2.75, 3.05) is 9.80 Å². The Hall–Kier alpha value is -15.6. The van der Waals surface area contributed by atoms with Crippen LogP contribution in [0.2, 0.25) is 0 Å². The van der Waals surface area contributed by atoms with E-state index in [2.05, 4.69) is 489 Å². The first-order chi connectivity index (χ1) is 61.7. The van der Waals surface area contributed by atoms with Gasteiger partial charge in [-0.25, -0.2) is 0 Å². The minimum Gasteiger partial charge on any atom is -0.310 e. The van der Waals surface area contributed by atoms with Gasteiger partial charge in [0.15, 0.2) is 0 Å². The molecule has 0 N–H and O–H groups in total. The van der Waals surface area contributed by atoms with Crippen LogP contribution in [0.15, 0.2) is 449 Å². The Kier molecular flexibility index (Phi) is 16.2. The Bertz CT molecular complexity index is 7270. The number of fused-ring (bicyclic) bond motifs is 18. The summed E-state index contributed by atoms with van der Waals surface area (Å²) < 4.78 is 5.19. The summed E-state index contributed by atoms with van der Waals surface area (Å²) in [7, 11) is 0. The van der Waals surface area contributed by atoms with Crippen LogP contribution in [0.4, 0.5) is 34.1 Å². The van der Waals surface area contributed by atoms with Crippen LogP contribution >= 0.6 is 0 Å². The van der Waals surface area contributed by atoms with Crippen molar-refractivity contribution in [3.63, 3.8) is 0 Å². The predicted octanol–water partition coefficient (Wildman–Crippen LogP) is 28.7. The number of hydrogen-bond donors (Lipinski definition) is 0. The van der Waals surface area contributed by atoms with E-state index in [1.54, 1.807) is 0 Å². The van der Waals surface area contributed by atoms with Gasteiger partial charge >= 0.3 is 0 Å². The first-order valence-corrected chi connectivity index (χ1v) is 43.8. The predicted molar refractivity (Wildman–Crippen MR) is 524 cm³/mol. The molecule has 4 aliphatic rings. The number of anilines is 6. The summed E-state index contributed by atoms with van der Waals surface area (Å²) in [5, 5.41) is 4.90. The Balaban J connectivity index is 0.814. The Morgan fingerprint density at radius 2 is 0.544 bits per heavy atom. The van der Waals surface area contributed by atoms with Crippen molar-refractivity contribution in [3.8, 4) is 78.1 Å². The number of para-hydroxylation sites is 4. The maximum absolute atomic E-state index is 2.73. The van der Waals surface area contributed by atoms with Gasteiger partial charge in [0.25, 0.3) is 6.71 Å². The van der Waals surface area contributed by atoms with Crippen LogP contribution in [0.25, 0.3) is 122 Å². The largest absolute Gasteiger partial charge is 0.310 e. The molecule has 0 unspecified atom stereocenters. The molecule has 125 heavy (non-hydrogen) atoms. The van der Waals surface area contributed by atoms with Crippen molar-refractivity contribution < 1.29 is 0 Å². The summed E-state index contributed by atoms with van der Waals surface area (Å²) >= 11 is 0. The average Bonchev–Trinajstić information content (AvgIpc) is 0.892. The van der Waals surface area contributed by atoms with E-state index in [0.717, 1.165) is 112 Å². The molecule has 0 bridgehead atoms. The Morgan fingerprint density at radius 3 is 0.888 bits per heavy atom. The van der Waals surface area contributed by atoms with Gasteiger partial charge in [0.2, 0.25) is 0 Å². The maximum Gasteiger partial charge on any atom is 0.252 e. The van der Waals surface area contributed by atoms with E-state index in [1.165, 1.54) is 110 Å². The second-order valence-corrected chi connectivity index (χ2v) is 35.2. The van der Waals surface area contributed by atoms with Gasteiger partial charge in [-0.2, -0.15) is 0 Å². The highest BCUT2D eigenvalue weighted by Crippen LogP contribution is 2.63. The zero-order chi connectivity index (χ0) is 82.8. The molecule has 586 valence electrons. The van der Waals surface area contributed by atoms with E-state index in [1.807, 2.05) is 0 Å². The van der Waals surface area contributed by atoms with Crippen LogP contribution in [0, 0.1) is 0 Å². The fourth-order valence-corrected chi connectivity index (χ4v) is 22.7. The second kappa shape index (κ2) is 28.0. The van der Waals surface area contributed by atoms with Crippen LogP contribution in [-0.2, 0) is 16.2 Å². The monoisotopic (exact) mass is 1590 g/mol. The molecule has 0 atom stereocenters. The zero-order valence-corrected chi connectivity index (χ0v) is 69.6. The van der Waals surface area contributed by atoms with Crippen LogP contribution in [0.5, 0.6) is 0 Å². The molecule has 25 rings (SSSR count). The van der Waals surface area contributed by atoms with E-state index < -0.39 is 10.8 Å². The average molecular weight is 1590 g/mol. The Morgan fingerprint density at radius 1 is 0.240 bits per heavy atom. The highest BCUT2D eigenvalue weighted by molar-refractivity contribution is 7.00. The third-order valence-electron chi connectivity index (χ3n) is 27.8. The van der Waals surface area contributed by atoms with Gasteiger partial charge < -0.3 is 18.9 Å². The van der Waals surface area contributed by atoms with Gasteiger partial charge in [-0.05, 0) is 177 Å². The molecule has 5 heteroatoms. The summed E-state index contributed by atoms with van der Waals surface area (Å²) in [5.74, 6) is 0. The van der Waals surface area contributed by atoms with Crippen LogP contribution in [0.3, 0.4) is 0 Å². The van der Waals surface area contributed by atoms with Crippen LogP contribution in [-0.4, -0.2) is 15.8 Å². The lowest BCUT2D eigenvalue weighted by Gasteiger charge is -2.46. The van der Waals surface area contributed by atoms with Gasteiger partial charge in [0, 0.05) is 77.9 Å². The summed E-state index contributed by atoms with van der Waals surface area (Å²) in [4.78, 5) is 5.45. The molecule has 2 aromatic heterocycles.